The van der Waals surface area contributed by atoms with Crippen molar-refractivity contribution in [2.75, 3.05) is 5.43 Å². The van der Waals surface area contributed by atoms with Crippen molar-refractivity contribution in [3.8, 4) is 0 Å². The van der Waals surface area contributed by atoms with E-state index in [1.807, 2.05) is 0 Å². The molecule has 2 aromatic rings. The summed E-state index contributed by atoms with van der Waals surface area (Å²) >= 11 is 5.86. The number of nitrogens with zero attached hydrogens (tertiary/aromatic N) is 4. The summed E-state index contributed by atoms with van der Waals surface area (Å²) in [6, 6.07) is 8.84. The van der Waals surface area contributed by atoms with E-state index in [0.717, 1.165) is 24.6 Å². The molecule has 10 heteroatoms. The van der Waals surface area contributed by atoms with E-state index in [0.29, 0.717) is 29.4 Å². The van der Waals surface area contributed by atoms with E-state index < -0.39 is 9.85 Å². The maximum Gasteiger partial charge on any atom is 0.280 e. The molecule has 0 aliphatic heterocycles. The summed E-state index contributed by atoms with van der Waals surface area (Å²) in [6.07, 6.45) is 3.17. The van der Waals surface area contributed by atoms with Crippen molar-refractivity contribution in [2.45, 2.75) is 31.6 Å². The average Bonchev–Trinajstić information content (AvgIpc) is 2.66. The Labute approximate surface area is 159 Å². The van der Waals surface area contributed by atoms with Gasteiger partial charge in [-0.2, -0.15) is 5.10 Å². The molecule has 0 saturated heterocycles. The molecule has 1 heterocycles. The zero-order valence-corrected chi connectivity index (χ0v) is 14.9. The number of nitro groups is 2. The molecule has 1 aliphatic rings. The van der Waals surface area contributed by atoms with Gasteiger partial charge in [0, 0.05) is 23.3 Å². The van der Waals surface area contributed by atoms with Crippen LogP contribution < -0.4 is 5.43 Å². The van der Waals surface area contributed by atoms with Gasteiger partial charge in [-0.25, -0.2) is 4.98 Å². The lowest BCUT2D eigenvalue weighted by atomic mass is 9.81. The van der Waals surface area contributed by atoms with Gasteiger partial charge in [0.25, 0.3) is 11.4 Å². The highest BCUT2D eigenvalue weighted by Gasteiger charge is 2.30. The molecule has 3 rings (SSSR count). The Morgan fingerprint density at radius 1 is 1.15 bits per heavy atom. The molecule has 1 aromatic heterocycles. The van der Waals surface area contributed by atoms with Gasteiger partial charge in [0.1, 0.15) is 11.0 Å². The number of aromatic nitrogens is 1. The molecule has 1 aliphatic carbocycles. The lowest BCUT2D eigenvalue weighted by Crippen LogP contribution is -2.20. The molecule has 1 N–H and O–H groups in total. The number of halogens is 1. The van der Waals surface area contributed by atoms with E-state index >= 15 is 0 Å². The van der Waals surface area contributed by atoms with E-state index in [1.54, 1.807) is 18.2 Å². The Balaban J connectivity index is 1.94. The Morgan fingerprint density at radius 3 is 2.67 bits per heavy atom. The average molecular weight is 390 g/mol. The third-order valence-electron chi connectivity index (χ3n) is 4.40. The van der Waals surface area contributed by atoms with Gasteiger partial charge in [0.2, 0.25) is 0 Å². The van der Waals surface area contributed by atoms with Crippen LogP contribution >= 0.6 is 11.6 Å². The summed E-state index contributed by atoms with van der Waals surface area (Å²) in [7, 11) is 0. The quantitative estimate of drug-likeness (QED) is 0.450. The zero-order chi connectivity index (χ0) is 19.4. The maximum atomic E-state index is 11.5. The topological polar surface area (TPSA) is 124 Å². The van der Waals surface area contributed by atoms with Crippen LogP contribution in [0.15, 0.2) is 41.5 Å². The van der Waals surface area contributed by atoms with Crippen molar-refractivity contribution in [3.63, 3.8) is 0 Å². The number of benzene rings is 1. The van der Waals surface area contributed by atoms with E-state index in [2.05, 4.69) is 15.5 Å². The van der Waals surface area contributed by atoms with Gasteiger partial charge >= 0.3 is 0 Å². The highest BCUT2D eigenvalue weighted by Crippen LogP contribution is 2.37. The van der Waals surface area contributed by atoms with Crippen LogP contribution in [0, 0.1) is 20.2 Å². The van der Waals surface area contributed by atoms with Crippen molar-refractivity contribution in [2.24, 2.45) is 5.10 Å². The minimum atomic E-state index is -0.640. The van der Waals surface area contributed by atoms with E-state index in [9.17, 15) is 20.2 Å². The first-order chi connectivity index (χ1) is 13.0. The van der Waals surface area contributed by atoms with Gasteiger partial charge in [-0.3, -0.25) is 25.7 Å². The Bertz CT molecular complexity index is 918. The Kier molecular flexibility index (Phi) is 5.60. The minimum absolute atomic E-state index is 0.260. The Hall–Kier alpha value is -3.07. The van der Waals surface area contributed by atoms with Crippen molar-refractivity contribution < 1.29 is 9.85 Å². The SMILES string of the molecule is O=[N+]([O-])c1ccc([C@@H]2CCCC/C2=N\Nc2cccc(Cl)n2)c([N+](=O)[O-])c1. The largest absolute Gasteiger partial charge is 0.280 e. The highest BCUT2D eigenvalue weighted by atomic mass is 35.5. The predicted molar refractivity (Wildman–Crippen MR) is 101 cm³/mol. The molecule has 1 fully saturated rings. The predicted octanol–water partition coefficient (Wildman–Crippen LogP) is 4.68. The van der Waals surface area contributed by atoms with Gasteiger partial charge in [0.15, 0.2) is 0 Å². The number of hydrogen-bond donors (Lipinski definition) is 1. The molecule has 0 bridgehead atoms. The van der Waals surface area contributed by atoms with Crippen LogP contribution in [0.4, 0.5) is 17.2 Å². The fourth-order valence-electron chi connectivity index (χ4n) is 3.16. The first kappa shape index (κ1) is 18.7. The third-order valence-corrected chi connectivity index (χ3v) is 4.61. The normalized spacial score (nSPS) is 18.3. The van der Waals surface area contributed by atoms with Crippen molar-refractivity contribution in [1.29, 1.82) is 0 Å². The van der Waals surface area contributed by atoms with Gasteiger partial charge in [-0.05, 0) is 37.5 Å². The molecule has 0 spiro atoms. The smallest absolute Gasteiger partial charge is 0.261 e. The standard InChI is InChI=1S/C17H16ClN5O4/c18-16-6-3-7-17(19-16)21-20-14-5-2-1-4-12(14)13-9-8-11(22(24)25)10-15(13)23(26)27/h3,6-10,12H,1-2,4-5H2,(H,19,21)/b20-14+/t12-/m0/s1. The number of pyridine rings is 1. The summed E-state index contributed by atoms with van der Waals surface area (Å²) in [5, 5.41) is 27.1. The van der Waals surface area contributed by atoms with Crippen LogP contribution in [0.3, 0.4) is 0 Å². The van der Waals surface area contributed by atoms with Crippen LogP contribution in [-0.4, -0.2) is 20.5 Å². The molecule has 140 valence electrons. The maximum absolute atomic E-state index is 11.5. The van der Waals surface area contributed by atoms with Crippen LogP contribution in [0.25, 0.3) is 0 Å². The number of anilines is 1. The molecule has 1 atom stereocenters. The molecule has 1 saturated carbocycles. The second-order valence-corrected chi connectivity index (χ2v) is 6.50. The van der Waals surface area contributed by atoms with Crippen LogP contribution in [-0.2, 0) is 0 Å². The van der Waals surface area contributed by atoms with Gasteiger partial charge in [-0.15, -0.1) is 0 Å². The number of rotatable bonds is 5. The second kappa shape index (κ2) is 8.09. The fraction of sp³-hybridized carbons (Fsp3) is 0.294. The first-order valence-corrected chi connectivity index (χ1v) is 8.71. The van der Waals surface area contributed by atoms with Gasteiger partial charge in [-0.1, -0.05) is 24.1 Å². The monoisotopic (exact) mass is 389 g/mol. The van der Waals surface area contributed by atoms with Crippen molar-refractivity contribution in [3.05, 3.63) is 67.3 Å². The van der Waals surface area contributed by atoms with E-state index in [1.165, 1.54) is 12.1 Å². The lowest BCUT2D eigenvalue weighted by molar-refractivity contribution is -0.394. The minimum Gasteiger partial charge on any atom is -0.261 e. The molecule has 1 aromatic carbocycles. The van der Waals surface area contributed by atoms with Crippen LogP contribution in [0.2, 0.25) is 5.15 Å². The molecule has 9 nitrogen and oxygen atoms in total. The number of nitro benzene ring substituents is 2. The van der Waals surface area contributed by atoms with Gasteiger partial charge < -0.3 is 0 Å². The fourth-order valence-corrected chi connectivity index (χ4v) is 3.33. The number of hydrogen-bond acceptors (Lipinski definition) is 7. The van der Waals surface area contributed by atoms with Crippen LogP contribution in [0.5, 0.6) is 0 Å². The lowest BCUT2D eigenvalue weighted by Gasteiger charge is -2.24. The summed E-state index contributed by atoms with van der Waals surface area (Å²) in [5.74, 6) is 0.184. The van der Waals surface area contributed by atoms with Gasteiger partial charge in [0.05, 0.1) is 15.9 Å². The molecule has 27 heavy (non-hydrogen) atoms. The molecule has 0 unspecified atom stereocenters. The summed E-state index contributed by atoms with van der Waals surface area (Å²) < 4.78 is 0. The molecule has 0 amide bonds. The number of hydrazone groups is 1. The summed E-state index contributed by atoms with van der Waals surface area (Å²) in [6.45, 7) is 0. The third kappa shape index (κ3) is 4.37. The first-order valence-electron chi connectivity index (χ1n) is 8.33. The Morgan fingerprint density at radius 2 is 1.96 bits per heavy atom. The molecule has 0 radical (unpaired) electrons. The van der Waals surface area contributed by atoms with E-state index in [-0.39, 0.29) is 17.3 Å². The summed E-state index contributed by atoms with van der Waals surface area (Å²) in [5.41, 5.74) is 3.47. The van der Waals surface area contributed by atoms with Crippen molar-refractivity contribution in [1.82, 2.24) is 4.98 Å². The highest BCUT2D eigenvalue weighted by molar-refractivity contribution is 6.29. The molecular weight excluding hydrogens is 374 g/mol. The number of nitrogens with one attached hydrogen (secondary N) is 1. The van der Waals surface area contributed by atoms with Crippen molar-refractivity contribution >= 4 is 34.5 Å². The number of non-ortho nitro benzene ring substituents is 1. The summed E-state index contributed by atoms with van der Waals surface area (Å²) in [4.78, 5) is 25.3. The molecular formula is C17H16ClN5O4. The van der Waals surface area contributed by atoms with E-state index in [4.69, 9.17) is 11.6 Å². The zero-order valence-electron chi connectivity index (χ0n) is 14.2. The second-order valence-electron chi connectivity index (χ2n) is 6.12. The van der Waals surface area contributed by atoms with Crippen LogP contribution in [0.1, 0.15) is 37.2 Å².